The average molecular weight is 484 g/mol. The van der Waals surface area contributed by atoms with E-state index in [2.05, 4.69) is 15.5 Å². The molecule has 2 N–H and O–H groups in total. The summed E-state index contributed by atoms with van der Waals surface area (Å²) in [5.74, 6) is -0.250. The van der Waals surface area contributed by atoms with Crippen molar-refractivity contribution < 1.29 is 28.4 Å². The maximum atomic E-state index is 12.9. The van der Waals surface area contributed by atoms with Crippen molar-refractivity contribution in [2.75, 3.05) is 6.54 Å². The molecule has 1 saturated heterocycles. The highest BCUT2D eigenvalue weighted by Gasteiger charge is 2.51. The lowest BCUT2D eigenvalue weighted by molar-refractivity contribution is 0.00578. The molecule has 11 heteroatoms. The molecule has 1 fully saturated rings. The molecule has 0 bridgehead atoms. The van der Waals surface area contributed by atoms with Gasteiger partial charge >= 0.3 is 25.0 Å². The fraction of sp³-hybridized carbons (Fsp3) is 0.583. The van der Waals surface area contributed by atoms with Crippen molar-refractivity contribution in [3.8, 4) is 0 Å². The van der Waals surface area contributed by atoms with Gasteiger partial charge in [-0.3, -0.25) is 4.79 Å². The van der Waals surface area contributed by atoms with Gasteiger partial charge in [0.2, 0.25) is 5.89 Å². The van der Waals surface area contributed by atoms with Crippen LogP contribution in [0.5, 0.6) is 0 Å². The van der Waals surface area contributed by atoms with E-state index >= 15 is 0 Å². The minimum Gasteiger partial charge on any atom is -0.465 e. The third-order valence-electron chi connectivity index (χ3n) is 6.95. The first kappa shape index (κ1) is 25.2. The van der Waals surface area contributed by atoms with Gasteiger partial charge in [-0.05, 0) is 50.7 Å². The van der Waals surface area contributed by atoms with Gasteiger partial charge < -0.3 is 29.0 Å². The fourth-order valence-electron chi connectivity index (χ4n) is 4.10. The lowest BCUT2D eigenvalue weighted by atomic mass is 9.77. The van der Waals surface area contributed by atoms with E-state index in [0.29, 0.717) is 12.3 Å². The van der Waals surface area contributed by atoms with Crippen LogP contribution in [0.3, 0.4) is 0 Å². The molecule has 1 aromatic carbocycles. The van der Waals surface area contributed by atoms with Crippen molar-refractivity contribution in [3.63, 3.8) is 0 Å². The minimum atomic E-state index is -1.02. The van der Waals surface area contributed by atoms with Crippen molar-refractivity contribution in [1.29, 1.82) is 0 Å². The van der Waals surface area contributed by atoms with Crippen molar-refractivity contribution >= 4 is 24.6 Å². The maximum Gasteiger partial charge on any atom is 0.494 e. The zero-order valence-electron chi connectivity index (χ0n) is 21.3. The lowest BCUT2D eigenvalue weighted by Crippen LogP contribution is -2.41. The zero-order chi connectivity index (χ0) is 25.8. The Morgan fingerprint density at radius 1 is 1.14 bits per heavy atom. The molecule has 2 aliphatic rings. The van der Waals surface area contributed by atoms with Gasteiger partial charge in [-0.25, -0.2) is 4.79 Å². The topological polar surface area (TPSA) is 127 Å². The molecule has 1 aromatic heterocycles. The second kappa shape index (κ2) is 8.63. The predicted molar refractivity (Wildman–Crippen MR) is 128 cm³/mol. The Morgan fingerprint density at radius 2 is 1.80 bits per heavy atom. The molecule has 0 saturated carbocycles. The van der Waals surface area contributed by atoms with Crippen LogP contribution in [0.1, 0.15) is 88.6 Å². The van der Waals surface area contributed by atoms with E-state index in [1.165, 1.54) is 4.90 Å². The summed E-state index contributed by atoms with van der Waals surface area (Å²) in [5.41, 5.74) is 1.04. The van der Waals surface area contributed by atoms with Gasteiger partial charge in [-0.2, -0.15) is 0 Å². The molecule has 35 heavy (non-hydrogen) atoms. The van der Waals surface area contributed by atoms with Crippen LogP contribution in [-0.4, -0.2) is 57.1 Å². The highest BCUT2D eigenvalue weighted by molar-refractivity contribution is 6.62. The number of hydrogen-bond donors (Lipinski definition) is 2. The van der Waals surface area contributed by atoms with Gasteiger partial charge in [0, 0.05) is 18.5 Å². The van der Waals surface area contributed by atoms with Gasteiger partial charge in [0.15, 0.2) is 0 Å². The molecular formula is C24H33BN4O6. The lowest BCUT2D eigenvalue weighted by Gasteiger charge is -2.32. The van der Waals surface area contributed by atoms with Crippen molar-refractivity contribution in [2.45, 2.75) is 84.1 Å². The van der Waals surface area contributed by atoms with E-state index in [1.54, 1.807) is 0 Å². The number of nitrogens with one attached hydrogen (secondary N) is 1. The van der Waals surface area contributed by atoms with E-state index in [0.717, 1.165) is 16.6 Å². The summed E-state index contributed by atoms with van der Waals surface area (Å²) in [6.45, 7) is 14.1. The quantitative estimate of drug-likeness (QED) is 0.637. The Labute approximate surface area is 205 Å². The number of carbonyl (C=O) groups is 2. The van der Waals surface area contributed by atoms with Crippen molar-refractivity contribution in [2.24, 2.45) is 0 Å². The van der Waals surface area contributed by atoms with Gasteiger partial charge in [0.25, 0.3) is 0 Å². The number of aromatic nitrogens is 2. The van der Waals surface area contributed by atoms with E-state index in [1.807, 2.05) is 66.7 Å². The van der Waals surface area contributed by atoms with E-state index in [-0.39, 0.29) is 24.4 Å². The summed E-state index contributed by atoms with van der Waals surface area (Å²) in [6, 6.07) is 5.28. The Kier molecular flexibility index (Phi) is 6.21. The number of carbonyl (C=O) groups excluding carboxylic acids is 1. The highest BCUT2D eigenvalue weighted by Crippen LogP contribution is 2.37. The summed E-state index contributed by atoms with van der Waals surface area (Å²) in [4.78, 5) is 26.1. The summed E-state index contributed by atoms with van der Waals surface area (Å²) in [6.07, 6.45) is -0.614. The van der Waals surface area contributed by atoms with Gasteiger partial charge in [0.05, 0.1) is 17.2 Å². The van der Waals surface area contributed by atoms with Crippen LogP contribution in [0.4, 0.5) is 4.79 Å². The molecule has 1 unspecified atom stereocenters. The molecule has 1 atom stereocenters. The summed E-state index contributed by atoms with van der Waals surface area (Å²) in [7, 11) is -0.575. The molecule has 2 aromatic rings. The standard InChI is InChI=1S/C24H33BN4O6/c1-22(2,3)20-28-27-19(33-20)18(30)26-17-10-11-29(21(31)32)13-14-12-15(8-9-16(14)17)25-34-23(4,5)24(6,7)35-25/h8-9,12,17H,10-11,13H2,1-7H3,(H,26,30)(H,31,32). The smallest absolute Gasteiger partial charge is 0.465 e. The SMILES string of the molecule is CC(C)(C)c1nnc(C(=O)NC2CCN(C(=O)O)Cc3cc(B4OC(C)(C)C(C)(C)O4)ccc32)o1. The molecule has 0 aliphatic carbocycles. The first-order chi connectivity index (χ1) is 16.2. The molecule has 4 rings (SSSR count). The van der Waals surface area contributed by atoms with Crippen LogP contribution in [-0.2, 0) is 21.3 Å². The Hall–Kier alpha value is -2.92. The molecule has 10 nitrogen and oxygen atoms in total. The minimum absolute atomic E-state index is 0.121. The third-order valence-corrected chi connectivity index (χ3v) is 6.95. The van der Waals surface area contributed by atoms with Crippen molar-refractivity contribution in [1.82, 2.24) is 20.4 Å². The van der Waals surface area contributed by atoms with Crippen LogP contribution >= 0.6 is 0 Å². The van der Waals surface area contributed by atoms with Crippen LogP contribution in [0.2, 0.25) is 0 Å². The van der Waals surface area contributed by atoms with E-state index in [9.17, 15) is 14.7 Å². The predicted octanol–water partition coefficient (Wildman–Crippen LogP) is 3.02. The van der Waals surface area contributed by atoms with Crippen LogP contribution < -0.4 is 10.8 Å². The Balaban J connectivity index is 1.62. The maximum absolute atomic E-state index is 12.9. The number of carboxylic acid groups (broad SMARTS) is 1. The molecular weight excluding hydrogens is 451 g/mol. The van der Waals surface area contributed by atoms with Crippen LogP contribution in [0.15, 0.2) is 22.6 Å². The molecule has 188 valence electrons. The number of benzene rings is 1. The third kappa shape index (κ3) is 4.92. The Morgan fingerprint density at radius 3 is 2.37 bits per heavy atom. The summed E-state index contributed by atoms with van der Waals surface area (Å²) < 4.78 is 17.9. The average Bonchev–Trinajstić information content (AvgIpc) is 3.27. The highest BCUT2D eigenvalue weighted by atomic mass is 16.7. The number of hydrogen-bond acceptors (Lipinski definition) is 7. The first-order valence-electron chi connectivity index (χ1n) is 11.8. The van der Waals surface area contributed by atoms with E-state index in [4.69, 9.17) is 13.7 Å². The number of amides is 2. The first-order valence-corrected chi connectivity index (χ1v) is 11.8. The second-order valence-electron chi connectivity index (χ2n) is 11.2. The number of fused-ring (bicyclic) bond motifs is 1. The fourth-order valence-corrected chi connectivity index (χ4v) is 4.10. The van der Waals surface area contributed by atoms with Gasteiger partial charge in [0.1, 0.15) is 0 Å². The summed E-state index contributed by atoms with van der Waals surface area (Å²) >= 11 is 0. The normalized spacial score (nSPS) is 21.4. The largest absolute Gasteiger partial charge is 0.494 e. The molecule has 3 heterocycles. The van der Waals surface area contributed by atoms with Gasteiger partial charge in [-0.1, -0.05) is 39.0 Å². The monoisotopic (exact) mass is 484 g/mol. The second-order valence-corrected chi connectivity index (χ2v) is 11.2. The molecule has 2 aliphatic heterocycles. The number of rotatable bonds is 3. The summed E-state index contributed by atoms with van der Waals surface area (Å²) in [5, 5.41) is 20.5. The number of nitrogens with zero attached hydrogens (tertiary/aromatic N) is 3. The van der Waals surface area contributed by atoms with E-state index < -0.39 is 36.4 Å². The Bertz CT molecular complexity index is 1120. The van der Waals surface area contributed by atoms with Crippen LogP contribution in [0.25, 0.3) is 0 Å². The molecule has 0 spiro atoms. The molecule has 2 amide bonds. The van der Waals surface area contributed by atoms with Gasteiger partial charge in [-0.15, -0.1) is 10.2 Å². The zero-order valence-corrected chi connectivity index (χ0v) is 21.3. The van der Waals surface area contributed by atoms with Crippen LogP contribution in [0, 0.1) is 0 Å². The molecule has 0 radical (unpaired) electrons. The van der Waals surface area contributed by atoms with Crippen molar-refractivity contribution in [3.05, 3.63) is 41.1 Å².